The van der Waals surface area contributed by atoms with Crippen LogP contribution >= 0.6 is 23.1 Å². The van der Waals surface area contributed by atoms with Crippen molar-refractivity contribution in [1.29, 1.82) is 0 Å². The first-order chi connectivity index (χ1) is 11.8. The normalized spacial score (nSPS) is 10.9. The van der Waals surface area contributed by atoms with Gasteiger partial charge in [0.05, 0.1) is 4.88 Å². The number of thioether (sulfide) groups is 1. The van der Waals surface area contributed by atoms with Gasteiger partial charge in [0.1, 0.15) is 0 Å². The van der Waals surface area contributed by atoms with E-state index in [1.807, 2.05) is 17.5 Å². The molecule has 0 aliphatic heterocycles. The van der Waals surface area contributed by atoms with Gasteiger partial charge in [-0.05, 0) is 29.9 Å². The summed E-state index contributed by atoms with van der Waals surface area (Å²) >= 11 is 3.08. The van der Waals surface area contributed by atoms with Crippen LogP contribution in [0.5, 0.6) is 0 Å². The van der Waals surface area contributed by atoms with E-state index in [1.165, 1.54) is 16.9 Å². The highest BCUT2D eigenvalue weighted by atomic mass is 32.2. The topological polar surface area (TPSA) is 58.6 Å². The molecule has 6 heteroatoms. The van der Waals surface area contributed by atoms with Crippen LogP contribution in [0.4, 0.5) is 0 Å². The fraction of sp³-hybridized carbons (Fsp3) is 0.278. The molecule has 0 aliphatic carbocycles. The Hall–Kier alpha value is -1.92. The van der Waals surface area contributed by atoms with Gasteiger partial charge < -0.3 is 0 Å². The number of aryl methyl sites for hydroxylation is 1. The number of aromatic nitrogens is 3. The molecule has 2 aromatic heterocycles. The standard InChI is InChI=1S/C18H19N3OS2/c1-2-13-7-9-14(10-8-13)17-19-18(21-20-17)24-12-3-5-15(22)16-6-4-11-23-16/h4,6-11H,2-3,5,12H2,1H3,(H,19,20,21). The molecule has 24 heavy (non-hydrogen) atoms. The van der Waals surface area contributed by atoms with Crippen LogP contribution in [-0.4, -0.2) is 26.7 Å². The zero-order chi connectivity index (χ0) is 16.8. The summed E-state index contributed by atoms with van der Waals surface area (Å²) in [6.45, 7) is 2.14. The molecule has 0 radical (unpaired) electrons. The first-order valence-corrected chi connectivity index (χ1v) is 9.84. The van der Waals surface area contributed by atoms with Gasteiger partial charge in [-0.1, -0.05) is 49.0 Å². The van der Waals surface area contributed by atoms with Crippen molar-refractivity contribution < 1.29 is 4.79 Å². The maximum atomic E-state index is 11.9. The summed E-state index contributed by atoms with van der Waals surface area (Å²) in [6.07, 6.45) is 2.43. The van der Waals surface area contributed by atoms with Crippen LogP contribution in [-0.2, 0) is 6.42 Å². The van der Waals surface area contributed by atoms with E-state index in [-0.39, 0.29) is 5.78 Å². The van der Waals surface area contributed by atoms with Crippen LogP contribution in [0.1, 0.15) is 35.0 Å². The summed E-state index contributed by atoms with van der Waals surface area (Å²) in [5.41, 5.74) is 2.35. The number of benzene rings is 1. The van der Waals surface area contributed by atoms with Crippen LogP contribution in [0.2, 0.25) is 0 Å². The van der Waals surface area contributed by atoms with Gasteiger partial charge in [-0.3, -0.25) is 9.89 Å². The molecule has 0 atom stereocenters. The van der Waals surface area contributed by atoms with Gasteiger partial charge >= 0.3 is 0 Å². The van der Waals surface area contributed by atoms with Crippen molar-refractivity contribution in [3.05, 3.63) is 52.2 Å². The molecule has 2 heterocycles. The molecule has 1 N–H and O–H groups in total. The van der Waals surface area contributed by atoms with Gasteiger partial charge in [-0.2, -0.15) is 0 Å². The van der Waals surface area contributed by atoms with Crippen molar-refractivity contribution in [2.45, 2.75) is 31.3 Å². The van der Waals surface area contributed by atoms with Gasteiger partial charge in [0.15, 0.2) is 11.6 Å². The summed E-state index contributed by atoms with van der Waals surface area (Å²) in [6, 6.07) is 12.1. The van der Waals surface area contributed by atoms with Crippen molar-refractivity contribution >= 4 is 28.9 Å². The van der Waals surface area contributed by atoms with Crippen LogP contribution in [0.3, 0.4) is 0 Å². The third kappa shape index (κ3) is 4.33. The number of hydrogen-bond donors (Lipinski definition) is 1. The molecule has 1 aromatic carbocycles. The van der Waals surface area contributed by atoms with E-state index in [0.717, 1.165) is 40.0 Å². The van der Waals surface area contributed by atoms with Gasteiger partial charge in [-0.25, -0.2) is 4.98 Å². The molecule has 0 saturated carbocycles. The molecule has 0 fully saturated rings. The SMILES string of the molecule is CCc1ccc(-c2nc(SCCCC(=O)c3cccs3)n[nH]2)cc1. The van der Waals surface area contributed by atoms with E-state index < -0.39 is 0 Å². The van der Waals surface area contributed by atoms with Crippen molar-refractivity contribution in [3.8, 4) is 11.4 Å². The molecule has 3 rings (SSSR count). The van der Waals surface area contributed by atoms with Crippen molar-refractivity contribution in [1.82, 2.24) is 15.2 Å². The maximum Gasteiger partial charge on any atom is 0.208 e. The molecule has 4 nitrogen and oxygen atoms in total. The zero-order valence-electron chi connectivity index (χ0n) is 13.5. The Bertz CT molecular complexity index is 779. The minimum Gasteiger partial charge on any atom is -0.293 e. The van der Waals surface area contributed by atoms with E-state index in [0.29, 0.717) is 6.42 Å². The molecule has 0 saturated heterocycles. The lowest BCUT2D eigenvalue weighted by Gasteiger charge is -1.98. The largest absolute Gasteiger partial charge is 0.293 e. The van der Waals surface area contributed by atoms with Crippen LogP contribution < -0.4 is 0 Å². The first-order valence-electron chi connectivity index (χ1n) is 7.97. The number of H-pyrrole nitrogens is 1. The Morgan fingerprint density at radius 1 is 1.25 bits per heavy atom. The number of aromatic amines is 1. The molecule has 0 spiro atoms. The predicted octanol–water partition coefficient (Wildman–Crippen LogP) is 4.85. The Labute approximate surface area is 149 Å². The monoisotopic (exact) mass is 357 g/mol. The molecular weight excluding hydrogens is 338 g/mol. The molecule has 3 aromatic rings. The quantitative estimate of drug-likeness (QED) is 0.356. The second kappa shape index (κ2) is 8.26. The average molecular weight is 358 g/mol. The third-order valence-corrected chi connectivity index (χ3v) is 5.52. The summed E-state index contributed by atoms with van der Waals surface area (Å²) in [7, 11) is 0. The fourth-order valence-corrected chi connectivity index (χ4v) is 3.73. The molecular formula is C18H19N3OS2. The van der Waals surface area contributed by atoms with Crippen LogP contribution in [0.25, 0.3) is 11.4 Å². The third-order valence-electron chi connectivity index (χ3n) is 3.68. The summed E-state index contributed by atoms with van der Waals surface area (Å²) in [4.78, 5) is 17.3. The second-order valence-electron chi connectivity index (χ2n) is 5.37. The number of carbonyl (C=O) groups excluding carboxylic acids is 1. The lowest BCUT2D eigenvalue weighted by Crippen LogP contribution is -1.96. The molecule has 124 valence electrons. The Morgan fingerprint density at radius 2 is 2.08 bits per heavy atom. The number of thiophene rings is 1. The van der Waals surface area contributed by atoms with Crippen LogP contribution in [0.15, 0.2) is 46.9 Å². The summed E-state index contributed by atoms with van der Waals surface area (Å²) in [5, 5.41) is 9.89. The highest BCUT2D eigenvalue weighted by Gasteiger charge is 2.09. The highest BCUT2D eigenvalue weighted by molar-refractivity contribution is 7.99. The molecule has 0 aliphatic rings. The van der Waals surface area contributed by atoms with E-state index in [1.54, 1.807) is 11.8 Å². The minimum atomic E-state index is 0.220. The number of hydrogen-bond acceptors (Lipinski definition) is 5. The Morgan fingerprint density at radius 3 is 2.79 bits per heavy atom. The number of ketones is 1. The zero-order valence-corrected chi connectivity index (χ0v) is 15.1. The van der Waals surface area contributed by atoms with E-state index >= 15 is 0 Å². The Kier molecular flexibility index (Phi) is 5.82. The Balaban J connectivity index is 1.48. The number of nitrogens with zero attached hydrogens (tertiary/aromatic N) is 2. The predicted molar refractivity (Wildman–Crippen MR) is 99.8 cm³/mol. The van der Waals surface area contributed by atoms with Gasteiger partial charge in [0, 0.05) is 17.7 Å². The lowest BCUT2D eigenvalue weighted by atomic mass is 10.1. The molecule has 0 bridgehead atoms. The van der Waals surface area contributed by atoms with Crippen molar-refractivity contribution in [3.63, 3.8) is 0 Å². The summed E-state index contributed by atoms with van der Waals surface area (Å²) < 4.78 is 0. The minimum absolute atomic E-state index is 0.220. The van der Waals surface area contributed by atoms with Crippen molar-refractivity contribution in [2.75, 3.05) is 5.75 Å². The lowest BCUT2D eigenvalue weighted by molar-refractivity contribution is 0.0986. The smallest absolute Gasteiger partial charge is 0.208 e. The van der Waals surface area contributed by atoms with E-state index in [4.69, 9.17) is 0 Å². The van der Waals surface area contributed by atoms with Gasteiger partial charge in [0.25, 0.3) is 0 Å². The maximum absolute atomic E-state index is 11.9. The van der Waals surface area contributed by atoms with E-state index in [9.17, 15) is 4.79 Å². The van der Waals surface area contributed by atoms with Crippen LogP contribution in [0, 0.1) is 0 Å². The number of rotatable bonds is 8. The first kappa shape index (κ1) is 16.9. The molecule has 0 unspecified atom stereocenters. The van der Waals surface area contributed by atoms with Gasteiger partial charge in [-0.15, -0.1) is 16.4 Å². The molecule has 0 amide bonds. The van der Waals surface area contributed by atoms with E-state index in [2.05, 4.69) is 46.4 Å². The van der Waals surface area contributed by atoms with Crippen molar-refractivity contribution in [2.24, 2.45) is 0 Å². The number of Topliss-reactive ketones (excluding diaryl/α,β-unsaturated/α-hetero) is 1. The summed E-state index contributed by atoms with van der Waals surface area (Å²) in [5.74, 6) is 1.84. The number of nitrogens with one attached hydrogen (secondary N) is 1. The number of carbonyl (C=O) groups is 1. The fourth-order valence-electron chi connectivity index (χ4n) is 2.29. The second-order valence-corrected chi connectivity index (χ2v) is 7.38. The highest BCUT2D eigenvalue weighted by Crippen LogP contribution is 2.21. The average Bonchev–Trinajstić information content (AvgIpc) is 3.30. The van der Waals surface area contributed by atoms with Gasteiger partial charge in [0.2, 0.25) is 5.16 Å².